The van der Waals surface area contributed by atoms with Gasteiger partial charge in [-0.2, -0.15) is 0 Å². The van der Waals surface area contributed by atoms with Gasteiger partial charge in [0, 0.05) is 12.2 Å². The van der Waals surface area contributed by atoms with Gasteiger partial charge in [-0.05, 0) is 61.2 Å². The zero-order valence-electron chi connectivity index (χ0n) is 15.0. The number of benzene rings is 2. The highest BCUT2D eigenvalue weighted by molar-refractivity contribution is 8.00. The number of anilines is 1. The summed E-state index contributed by atoms with van der Waals surface area (Å²) >= 11 is 1.41. The van der Waals surface area contributed by atoms with Crippen LogP contribution in [0.25, 0.3) is 11.3 Å². The molecule has 2 heterocycles. The van der Waals surface area contributed by atoms with Gasteiger partial charge in [-0.25, -0.2) is 9.37 Å². The lowest BCUT2D eigenvalue weighted by Gasteiger charge is -2.31. The number of aromatic nitrogens is 2. The van der Waals surface area contributed by atoms with Gasteiger partial charge < -0.3 is 9.88 Å². The zero-order chi connectivity index (χ0) is 18.8. The lowest BCUT2D eigenvalue weighted by molar-refractivity contribution is -0.117. The van der Waals surface area contributed by atoms with Crippen molar-refractivity contribution in [1.82, 2.24) is 9.97 Å². The van der Waals surface area contributed by atoms with Gasteiger partial charge >= 0.3 is 0 Å². The Balaban J connectivity index is 1.47. The van der Waals surface area contributed by atoms with E-state index in [-0.39, 0.29) is 17.0 Å². The molecule has 138 valence electrons. The molecule has 0 fully saturated rings. The number of hydrogen-bond acceptors (Lipinski definition) is 3. The Morgan fingerprint density at radius 1 is 1.22 bits per heavy atom. The van der Waals surface area contributed by atoms with Crippen molar-refractivity contribution in [2.45, 2.75) is 30.2 Å². The van der Waals surface area contributed by atoms with E-state index in [2.05, 4.69) is 16.0 Å². The smallest absolute Gasteiger partial charge is 0.240 e. The minimum atomic E-state index is -0.270. The molecule has 0 bridgehead atoms. The molecule has 0 saturated heterocycles. The zero-order valence-corrected chi connectivity index (χ0v) is 15.8. The molecule has 1 aliphatic rings. The third-order valence-corrected chi connectivity index (χ3v) is 5.71. The highest BCUT2D eigenvalue weighted by Gasteiger charge is 2.27. The lowest BCUT2D eigenvalue weighted by atomic mass is 10.0. The first-order valence-corrected chi connectivity index (χ1v) is 9.86. The Kier molecular flexibility index (Phi) is 4.99. The summed E-state index contributed by atoms with van der Waals surface area (Å²) in [6.45, 7) is 2.66. The number of rotatable bonds is 4. The molecule has 0 saturated carbocycles. The van der Waals surface area contributed by atoms with Crippen LogP contribution in [0.4, 0.5) is 10.1 Å². The second kappa shape index (κ2) is 7.56. The van der Waals surface area contributed by atoms with Crippen molar-refractivity contribution in [1.29, 1.82) is 0 Å². The van der Waals surface area contributed by atoms with Gasteiger partial charge in [0.25, 0.3) is 0 Å². The van der Waals surface area contributed by atoms with Crippen molar-refractivity contribution in [2.75, 3.05) is 11.4 Å². The summed E-state index contributed by atoms with van der Waals surface area (Å²) in [6, 6.07) is 14.4. The molecule has 1 amide bonds. The minimum absolute atomic E-state index is 0.0897. The van der Waals surface area contributed by atoms with E-state index in [1.54, 1.807) is 18.3 Å². The monoisotopic (exact) mass is 381 g/mol. The number of carbonyl (C=O) groups is 1. The van der Waals surface area contributed by atoms with Crippen LogP contribution in [0.1, 0.15) is 18.9 Å². The normalized spacial score (nSPS) is 14.7. The van der Waals surface area contributed by atoms with Gasteiger partial charge in [-0.1, -0.05) is 30.0 Å². The average Bonchev–Trinajstić information content (AvgIpc) is 3.16. The van der Waals surface area contributed by atoms with Crippen LogP contribution in [-0.4, -0.2) is 27.7 Å². The van der Waals surface area contributed by atoms with E-state index in [1.807, 2.05) is 30.0 Å². The fraction of sp³-hybridized carbons (Fsp3) is 0.238. The molecule has 0 aliphatic carbocycles. The van der Waals surface area contributed by atoms with Crippen molar-refractivity contribution in [3.8, 4) is 11.3 Å². The van der Waals surface area contributed by atoms with E-state index >= 15 is 0 Å². The molecule has 1 N–H and O–H groups in total. The summed E-state index contributed by atoms with van der Waals surface area (Å²) in [5.41, 5.74) is 3.92. The number of H-pyrrole nitrogens is 1. The lowest BCUT2D eigenvalue weighted by Crippen LogP contribution is -2.40. The van der Waals surface area contributed by atoms with Gasteiger partial charge in [0.1, 0.15) is 5.82 Å². The first kappa shape index (κ1) is 17.8. The molecular weight excluding hydrogens is 361 g/mol. The quantitative estimate of drug-likeness (QED) is 0.668. The number of carbonyl (C=O) groups excluding carboxylic acids is 1. The second-order valence-electron chi connectivity index (χ2n) is 6.59. The van der Waals surface area contributed by atoms with Crippen LogP contribution in [-0.2, 0) is 11.2 Å². The molecule has 1 aromatic heterocycles. The number of nitrogens with one attached hydrogen (secondary N) is 1. The van der Waals surface area contributed by atoms with Crippen molar-refractivity contribution < 1.29 is 9.18 Å². The van der Waals surface area contributed by atoms with Crippen LogP contribution in [0.15, 0.2) is 59.9 Å². The van der Waals surface area contributed by atoms with Gasteiger partial charge in [0.15, 0.2) is 5.16 Å². The molecule has 0 radical (unpaired) electrons. The van der Waals surface area contributed by atoms with Crippen LogP contribution in [0.5, 0.6) is 0 Å². The molecule has 1 aliphatic heterocycles. The topological polar surface area (TPSA) is 49.0 Å². The number of nitrogens with zero attached hydrogens (tertiary/aromatic N) is 2. The fourth-order valence-electron chi connectivity index (χ4n) is 3.34. The SMILES string of the molecule is CC(Sc1ncc(-c2ccc(F)cc2)[nH]1)C(=O)N1CCCc2ccccc21. The van der Waals surface area contributed by atoms with Crippen molar-refractivity contribution in [3.05, 3.63) is 66.1 Å². The molecule has 4 rings (SSSR count). The molecule has 3 aromatic rings. The van der Waals surface area contributed by atoms with Gasteiger partial charge in [-0.15, -0.1) is 0 Å². The first-order valence-electron chi connectivity index (χ1n) is 8.99. The molecule has 6 heteroatoms. The number of fused-ring (bicyclic) bond motifs is 1. The van der Waals surface area contributed by atoms with E-state index in [0.717, 1.165) is 36.3 Å². The number of halogens is 1. The summed E-state index contributed by atoms with van der Waals surface area (Å²) < 4.78 is 13.1. The largest absolute Gasteiger partial charge is 0.333 e. The number of hydrogen-bond donors (Lipinski definition) is 1. The fourth-order valence-corrected chi connectivity index (χ4v) is 4.18. The maximum atomic E-state index is 13.1. The molecule has 2 aromatic carbocycles. The van der Waals surface area contributed by atoms with Crippen LogP contribution >= 0.6 is 11.8 Å². The molecule has 27 heavy (non-hydrogen) atoms. The standard InChI is InChI=1S/C21H20FN3OS/c1-14(20(26)25-12-4-6-16-5-2-3-7-19(16)25)27-21-23-13-18(24-21)15-8-10-17(22)11-9-15/h2-3,5,7-11,13-14H,4,6,12H2,1H3,(H,23,24). The molecule has 4 nitrogen and oxygen atoms in total. The number of imidazole rings is 1. The molecular formula is C21H20FN3OS. The summed E-state index contributed by atoms with van der Waals surface area (Å²) in [6.07, 6.45) is 3.71. The Hall–Kier alpha value is -2.60. The Morgan fingerprint density at radius 2 is 2.00 bits per heavy atom. The number of thioether (sulfide) groups is 1. The summed E-state index contributed by atoms with van der Waals surface area (Å²) in [5, 5.41) is 0.420. The number of aryl methyl sites for hydroxylation is 1. The predicted octanol–water partition coefficient (Wildman–Crippen LogP) is 4.68. The molecule has 0 spiro atoms. The van der Waals surface area contributed by atoms with Crippen molar-refractivity contribution in [3.63, 3.8) is 0 Å². The van der Waals surface area contributed by atoms with E-state index in [1.165, 1.54) is 29.5 Å². The summed E-state index contributed by atoms with van der Waals surface area (Å²) in [4.78, 5) is 22.5. The van der Waals surface area contributed by atoms with Gasteiger partial charge in [0.05, 0.1) is 17.1 Å². The minimum Gasteiger partial charge on any atom is -0.333 e. The third kappa shape index (κ3) is 3.76. The number of para-hydroxylation sites is 1. The predicted molar refractivity (Wildman–Crippen MR) is 106 cm³/mol. The molecule has 1 unspecified atom stereocenters. The summed E-state index contributed by atoms with van der Waals surface area (Å²) in [7, 11) is 0. The Bertz CT molecular complexity index is 954. The van der Waals surface area contributed by atoms with E-state index in [9.17, 15) is 9.18 Å². The highest BCUT2D eigenvalue weighted by atomic mass is 32.2. The van der Waals surface area contributed by atoms with Crippen LogP contribution in [0.3, 0.4) is 0 Å². The van der Waals surface area contributed by atoms with Crippen molar-refractivity contribution >= 4 is 23.4 Å². The highest BCUT2D eigenvalue weighted by Crippen LogP contribution is 2.31. The Labute approximate surface area is 161 Å². The first-order chi connectivity index (χ1) is 13.1. The maximum absolute atomic E-state index is 13.1. The number of aromatic amines is 1. The van der Waals surface area contributed by atoms with Gasteiger partial charge in [-0.3, -0.25) is 4.79 Å². The van der Waals surface area contributed by atoms with E-state index in [4.69, 9.17) is 0 Å². The van der Waals surface area contributed by atoms with Crippen LogP contribution < -0.4 is 4.90 Å². The van der Waals surface area contributed by atoms with Gasteiger partial charge in [0.2, 0.25) is 5.91 Å². The van der Waals surface area contributed by atoms with E-state index in [0.29, 0.717) is 5.16 Å². The maximum Gasteiger partial charge on any atom is 0.240 e. The van der Waals surface area contributed by atoms with Crippen LogP contribution in [0.2, 0.25) is 0 Å². The van der Waals surface area contributed by atoms with Crippen LogP contribution in [0, 0.1) is 5.82 Å². The third-order valence-electron chi connectivity index (χ3n) is 4.72. The Morgan fingerprint density at radius 3 is 2.81 bits per heavy atom. The average molecular weight is 381 g/mol. The van der Waals surface area contributed by atoms with Crippen molar-refractivity contribution in [2.24, 2.45) is 0 Å². The van der Waals surface area contributed by atoms with E-state index < -0.39 is 0 Å². The summed E-state index contributed by atoms with van der Waals surface area (Å²) in [5.74, 6) is -0.180. The second-order valence-corrected chi connectivity index (χ2v) is 7.92. The number of amides is 1. The molecule has 1 atom stereocenters.